The maximum Gasteiger partial charge on any atom is 0.419 e. The van der Waals surface area contributed by atoms with Gasteiger partial charge in [0.05, 0.1) is 22.7 Å². The number of para-hydroxylation sites is 1. The van der Waals surface area contributed by atoms with E-state index in [2.05, 4.69) is 5.32 Å². The average molecular weight is 534 g/mol. The lowest BCUT2D eigenvalue weighted by Gasteiger charge is -2.18. The third kappa shape index (κ3) is 5.36. The van der Waals surface area contributed by atoms with Crippen LogP contribution in [-0.4, -0.2) is 21.6 Å². The number of amides is 1. The number of alkyl halides is 6. The number of benzene rings is 3. The number of carboxylic acid groups (broad SMARTS) is 1. The van der Waals surface area contributed by atoms with Gasteiger partial charge in [0.15, 0.2) is 0 Å². The largest absolute Gasteiger partial charge is 0.478 e. The summed E-state index contributed by atoms with van der Waals surface area (Å²) in [5.41, 5.74) is -2.39. The molecule has 1 amide bonds. The van der Waals surface area contributed by atoms with Crippen molar-refractivity contribution in [3.8, 4) is 0 Å². The number of fused-ring (bicyclic) bond motifs is 1. The van der Waals surface area contributed by atoms with Gasteiger partial charge in [0.1, 0.15) is 5.69 Å². The van der Waals surface area contributed by atoms with Gasteiger partial charge in [0.25, 0.3) is 5.91 Å². The van der Waals surface area contributed by atoms with E-state index in [9.17, 15) is 35.9 Å². The summed E-state index contributed by atoms with van der Waals surface area (Å²) in [6, 6.07) is 14.2. The van der Waals surface area contributed by atoms with Gasteiger partial charge in [-0.2, -0.15) is 26.3 Å². The van der Waals surface area contributed by atoms with Crippen molar-refractivity contribution in [1.82, 2.24) is 9.88 Å². The van der Waals surface area contributed by atoms with Crippen molar-refractivity contribution in [3.05, 3.63) is 106 Å². The normalized spacial score (nSPS) is 12.9. The number of rotatable bonds is 6. The molecule has 4 rings (SSSR count). The Balaban J connectivity index is 1.80. The molecule has 3 aromatic carbocycles. The Morgan fingerprint density at radius 1 is 0.895 bits per heavy atom. The molecule has 11 heteroatoms. The highest BCUT2D eigenvalue weighted by Gasteiger charge is 2.41. The second-order valence-electron chi connectivity index (χ2n) is 8.65. The summed E-state index contributed by atoms with van der Waals surface area (Å²) >= 11 is 0. The molecule has 2 N–H and O–H groups in total. The van der Waals surface area contributed by atoms with Crippen molar-refractivity contribution in [1.29, 1.82) is 0 Å². The van der Waals surface area contributed by atoms with Gasteiger partial charge < -0.3 is 15.0 Å². The van der Waals surface area contributed by atoms with E-state index in [4.69, 9.17) is 5.11 Å². The van der Waals surface area contributed by atoms with E-state index in [0.717, 1.165) is 22.8 Å². The first-order valence-corrected chi connectivity index (χ1v) is 11.3. The second kappa shape index (κ2) is 9.88. The van der Waals surface area contributed by atoms with Crippen LogP contribution in [-0.2, 0) is 18.9 Å². The maximum atomic E-state index is 14.3. The number of aromatic carboxylic acids is 1. The number of hydrogen-bond donors (Lipinski definition) is 2. The van der Waals surface area contributed by atoms with Crippen LogP contribution in [0, 0.1) is 0 Å². The van der Waals surface area contributed by atoms with Crippen LogP contribution in [0.3, 0.4) is 0 Å². The second-order valence-corrected chi connectivity index (χ2v) is 8.65. The molecule has 0 saturated carbocycles. The Bertz CT molecular complexity index is 1500. The predicted octanol–water partition coefficient (Wildman–Crippen LogP) is 6.92. The highest BCUT2D eigenvalue weighted by molar-refractivity contribution is 6.02. The molecular weight excluding hydrogens is 514 g/mol. The van der Waals surface area contributed by atoms with E-state index in [1.54, 1.807) is 0 Å². The zero-order valence-electron chi connectivity index (χ0n) is 19.7. The highest BCUT2D eigenvalue weighted by Crippen LogP contribution is 2.40. The van der Waals surface area contributed by atoms with Gasteiger partial charge in [0, 0.05) is 17.4 Å². The van der Waals surface area contributed by atoms with Gasteiger partial charge in [-0.3, -0.25) is 4.79 Å². The summed E-state index contributed by atoms with van der Waals surface area (Å²) in [5, 5.41) is 11.3. The molecule has 0 spiro atoms. The minimum absolute atomic E-state index is 0.00662. The van der Waals surface area contributed by atoms with Crippen molar-refractivity contribution in [2.75, 3.05) is 0 Å². The third-order valence-corrected chi connectivity index (χ3v) is 6.07. The Hall–Kier alpha value is -4.28. The van der Waals surface area contributed by atoms with Crippen LogP contribution in [0.5, 0.6) is 0 Å². The molecule has 1 unspecified atom stereocenters. The molecule has 0 aliphatic carbocycles. The average Bonchev–Trinajstić information content (AvgIpc) is 3.18. The fourth-order valence-electron chi connectivity index (χ4n) is 4.28. The van der Waals surface area contributed by atoms with Gasteiger partial charge in [-0.25, -0.2) is 4.79 Å². The highest BCUT2D eigenvalue weighted by atomic mass is 19.4. The van der Waals surface area contributed by atoms with Crippen LogP contribution in [0.1, 0.15) is 56.1 Å². The summed E-state index contributed by atoms with van der Waals surface area (Å²) in [4.78, 5) is 24.5. The number of carbonyl (C=O) groups is 2. The van der Waals surface area contributed by atoms with Crippen molar-refractivity contribution in [2.24, 2.45) is 0 Å². The van der Waals surface area contributed by atoms with Gasteiger partial charge >= 0.3 is 18.3 Å². The number of aromatic nitrogens is 1. The van der Waals surface area contributed by atoms with E-state index >= 15 is 0 Å². The Morgan fingerprint density at radius 3 is 2.16 bits per heavy atom. The topological polar surface area (TPSA) is 71.3 Å². The fraction of sp³-hybridized carbons (Fsp3) is 0.185. The summed E-state index contributed by atoms with van der Waals surface area (Å²) in [6.07, 6.45) is -9.60. The smallest absolute Gasteiger partial charge is 0.419 e. The fourth-order valence-corrected chi connectivity index (χ4v) is 4.28. The van der Waals surface area contributed by atoms with Crippen molar-refractivity contribution in [3.63, 3.8) is 0 Å². The molecule has 0 saturated heterocycles. The molecule has 1 atom stereocenters. The van der Waals surface area contributed by atoms with Gasteiger partial charge in [-0.1, -0.05) is 42.5 Å². The van der Waals surface area contributed by atoms with Crippen molar-refractivity contribution >= 4 is 22.8 Å². The van der Waals surface area contributed by atoms with Crippen LogP contribution in [0.15, 0.2) is 72.8 Å². The zero-order valence-corrected chi connectivity index (χ0v) is 19.7. The first-order valence-electron chi connectivity index (χ1n) is 11.3. The summed E-state index contributed by atoms with van der Waals surface area (Å²) in [6.45, 7) is 1.09. The summed E-state index contributed by atoms with van der Waals surface area (Å²) in [7, 11) is 0. The molecule has 0 aliphatic rings. The zero-order chi connectivity index (χ0) is 27.8. The van der Waals surface area contributed by atoms with E-state index in [1.807, 2.05) is 0 Å². The Labute approximate surface area is 212 Å². The molecule has 38 heavy (non-hydrogen) atoms. The van der Waals surface area contributed by atoms with Gasteiger partial charge in [0.2, 0.25) is 0 Å². The molecule has 198 valence electrons. The molecular formula is C27H20F6N2O3. The Morgan fingerprint density at radius 2 is 1.55 bits per heavy atom. The van der Waals surface area contributed by atoms with E-state index in [1.165, 1.54) is 61.5 Å². The predicted molar refractivity (Wildman–Crippen MR) is 127 cm³/mol. The van der Waals surface area contributed by atoms with E-state index < -0.39 is 53.6 Å². The Kier molecular flexibility index (Phi) is 6.96. The lowest BCUT2D eigenvalue weighted by Crippen LogP contribution is -2.31. The van der Waals surface area contributed by atoms with Crippen LogP contribution in [0.4, 0.5) is 26.3 Å². The maximum absolute atomic E-state index is 14.3. The van der Waals surface area contributed by atoms with Gasteiger partial charge in [-0.05, 0) is 48.4 Å². The molecule has 0 radical (unpaired) electrons. The summed E-state index contributed by atoms with van der Waals surface area (Å²) < 4.78 is 83.7. The van der Waals surface area contributed by atoms with Crippen molar-refractivity contribution in [2.45, 2.75) is 31.9 Å². The molecule has 0 fully saturated rings. The van der Waals surface area contributed by atoms with Gasteiger partial charge in [-0.15, -0.1) is 0 Å². The monoisotopic (exact) mass is 534 g/mol. The minimum atomic E-state index is -4.95. The first kappa shape index (κ1) is 26.8. The van der Waals surface area contributed by atoms with Crippen LogP contribution in [0.25, 0.3) is 10.9 Å². The molecule has 1 aromatic heterocycles. The SMILES string of the molecule is CC(NC(=O)c1c(C(F)(F)F)c2ccccc2n1Cc1cccc(C(F)(F)F)c1)c1ccc(C(=O)O)cc1. The third-order valence-electron chi connectivity index (χ3n) is 6.07. The number of halogens is 6. The van der Waals surface area contributed by atoms with Crippen LogP contribution >= 0.6 is 0 Å². The molecule has 1 heterocycles. The number of carboxylic acids is 1. The van der Waals surface area contributed by atoms with E-state index in [0.29, 0.717) is 5.56 Å². The molecule has 0 bridgehead atoms. The molecule has 4 aromatic rings. The quantitative estimate of drug-likeness (QED) is 0.264. The van der Waals surface area contributed by atoms with Crippen LogP contribution < -0.4 is 5.32 Å². The first-order chi connectivity index (χ1) is 17.8. The number of hydrogen-bond acceptors (Lipinski definition) is 2. The standard InChI is InChI=1S/C27H20F6N2O3/c1-15(17-9-11-18(12-10-17)25(37)38)34-24(36)23-22(27(31,32)33)20-7-2-3-8-21(20)35(23)14-16-5-4-6-19(13-16)26(28,29)30/h2-13,15H,14H2,1H3,(H,34,36)(H,37,38). The number of nitrogens with one attached hydrogen (secondary N) is 1. The summed E-state index contributed by atoms with van der Waals surface area (Å²) in [5.74, 6) is -2.25. The van der Waals surface area contributed by atoms with Crippen LogP contribution in [0.2, 0.25) is 0 Å². The lowest BCUT2D eigenvalue weighted by atomic mass is 10.1. The van der Waals surface area contributed by atoms with Crippen molar-refractivity contribution < 1.29 is 41.0 Å². The number of carbonyl (C=O) groups excluding carboxylic acids is 1. The molecule has 0 aliphatic heterocycles. The minimum Gasteiger partial charge on any atom is -0.478 e. The number of nitrogens with zero attached hydrogens (tertiary/aromatic N) is 1. The lowest BCUT2D eigenvalue weighted by molar-refractivity contribution is -0.138. The molecule has 5 nitrogen and oxygen atoms in total. The van der Waals surface area contributed by atoms with E-state index in [-0.39, 0.29) is 22.0 Å².